The van der Waals surface area contributed by atoms with Gasteiger partial charge in [0.2, 0.25) is 0 Å². The fourth-order valence-electron chi connectivity index (χ4n) is 3.15. The molecule has 0 saturated heterocycles. The smallest absolute Gasteiger partial charge is 0.255 e. The molecule has 0 radical (unpaired) electrons. The molecule has 1 aliphatic rings. The van der Waals surface area contributed by atoms with Crippen LogP contribution in [0.15, 0.2) is 48.9 Å². The first-order valence-corrected chi connectivity index (χ1v) is 9.52. The first-order valence-electron chi connectivity index (χ1n) is 8.32. The molecule has 1 amide bonds. The average molecular weight is 397 g/mol. The standard InChI is InChI=1S/C19H13ClN4O2S/c20-19-23-14-8-12(2-4-17(14)27-19)22-18(25)11-1-3-16-13(7-11)15-9-21-10-24(15)5-6-26-16/h1-4,7-10H,5-6H2,(H,22,25). The van der Waals surface area contributed by atoms with Crippen LogP contribution in [0.3, 0.4) is 0 Å². The number of rotatable bonds is 2. The van der Waals surface area contributed by atoms with Crippen molar-refractivity contribution in [3.8, 4) is 17.0 Å². The lowest BCUT2D eigenvalue weighted by molar-refractivity contribution is 0.102. The first-order chi connectivity index (χ1) is 13.2. The van der Waals surface area contributed by atoms with Crippen molar-refractivity contribution in [2.75, 3.05) is 11.9 Å². The zero-order chi connectivity index (χ0) is 18.4. The molecule has 3 heterocycles. The van der Waals surface area contributed by atoms with Crippen molar-refractivity contribution >= 4 is 44.7 Å². The number of anilines is 1. The summed E-state index contributed by atoms with van der Waals surface area (Å²) < 4.78 is 9.28. The van der Waals surface area contributed by atoms with Gasteiger partial charge in [0.25, 0.3) is 5.91 Å². The molecule has 6 nitrogen and oxygen atoms in total. The SMILES string of the molecule is O=C(Nc1ccc2sc(Cl)nc2c1)c1ccc2c(c1)-c1cncn1CCO2. The van der Waals surface area contributed by atoms with E-state index in [2.05, 4.69) is 15.3 Å². The maximum atomic E-state index is 12.8. The van der Waals surface area contributed by atoms with Crippen LogP contribution in [0, 0.1) is 0 Å². The number of carbonyl (C=O) groups excluding carboxylic acids is 1. The summed E-state index contributed by atoms with van der Waals surface area (Å²) in [6.45, 7) is 1.29. The lowest BCUT2D eigenvalue weighted by Gasteiger charge is -2.10. The quantitative estimate of drug-likeness (QED) is 0.543. The number of nitrogens with one attached hydrogen (secondary N) is 1. The molecule has 4 aromatic rings. The normalized spacial score (nSPS) is 12.8. The summed E-state index contributed by atoms with van der Waals surface area (Å²) in [5.41, 5.74) is 3.78. The van der Waals surface area contributed by atoms with Gasteiger partial charge in [-0.3, -0.25) is 4.79 Å². The number of thiazole rings is 1. The van der Waals surface area contributed by atoms with Crippen molar-refractivity contribution in [2.24, 2.45) is 0 Å². The van der Waals surface area contributed by atoms with Crippen LogP contribution in [-0.4, -0.2) is 27.0 Å². The van der Waals surface area contributed by atoms with Gasteiger partial charge in [-0.15, -0.1) is 11.3 Å². The van der Waals surface area contributed by atoms with E-state index < -0.39 is 0 Å². The van der Waals surface area contributed by atoms with Crippen LogP contribution in [0.5, 0.6) is 5.75 Å². The fourth-order valence-corrected chi connectivity index (χ4v) is 4.17. The fraction of sp³-hybridized carbons (Fsp3) is 0.105. The maximum absolute atomic E-state index is 12.8. The molecule has 1 aliphatic heterocycles. The Kier molecular flexibility index (Phi) is 3.84. The Bertz CT molecular complexity index is 1180. The molecule has 2 aromatic carbocycles. The van der Waals surface area contributed by atoms with Gasteiger partial charge >= 0.3 is 0 Å². The van der Waals surface area contributed by atoms with Crippen LogP contribution in [-0.2, 0) is 6.54 Å². The van der Waals surface area contributed by atoms with Crippen LogP contribution in [0.1, 0.15) is 10.4 Å². The Labute approximate surface area is 163 Å². The lowest BCUT2D eigenvalue weighted by atomic mass is 10.1. The number of imidazole rings is 1. The van der Waals surface area contributed by atoms with E-state index in [9.17, 15) is 4.79 Å². The second-order valence-corrected chi connectivity index (χ2v) is 7.75. The monoisotopic (exact) mass is 396 g/mol. The van der Waals surface area contributed by atoms with E-state index in [1.165, 1.54) is 11.3 Å². The van der Waals surface area contributed by atoms with E-state index in [0.29, 0.717) is 22.3 Å². The summed E-state index contributed by atoms with van der Waals surface area (Å²) in [7, 11) is 0. The van der Waals surface area contributed by atoms with Gasteiger partial charge in [0.05, 0.1) is 35.0 Å². The summed E-state index contributed by atoms with van der Waals surface area (Å²) in [6, 6.07) is 11.0. The molecule has 0 saturated carbocycles. The first kappa shape index (κ1) is 16.3. The Hall–Kier alpha value is -2.90. The second kappa shape index (κ2) is 6.37. The molecular weight excluding hydrogens is 384 g/mol. The Morgan fingerprint density at radius 3 is 3.11 bits per heavy atom. The molecule has 0 aliphatic carbocycles. The van der Waals surface area contributed by atoms with Gasteiger partial charge in [-0.05, 0) is 36.4 Å². The molecule has 134 valence electrons. The van der Waals surface area contributed by atoms with E-state index >= 15 is 0 Å². The Morgan fingerprint density at radius 1 is 1.26 bits per heavy atom. The predicted octanol–water partition coefficient (Wildman–Crippen LogP) is 4.46. The minimum atomic E-state index is -0.200. The summed E-state index contributed by atoms with van der Waals surface area (Å²) >= 11 is 7.36. The number of nitrogens with zero attached hydrogens (tertiary/aromatic N) is 3. The summed E-state index contributed by atoms with van der Waals surface area (Å²) in [4.78, 5) is 21.2. The number of carbonyl (C=O) groups is 1. The van der Waals surface area contributed by atoms with E-state index in [-0.39, 0.29) is 5.91 Å². The number of ether oxygens (including phenoxy) is 1. The largest absolute Gasteiger partial charge is 0.491 e. The van der Waals surface area contributed by atoms with Gasteiger partial charge in [0.1, 0.15) is 12.4 Å². The zero-order valence-electron chi connectivity index (χ0n) is 14.0. The van der Waals surface area contributed by atoms with Crippen LogP contribution < -0.4 is 10.1 Å². The Morgan fingerprint density at radius 2 is 2.19 bits per heavy atom. The minimum Gasteiger partial charge on any atom is -0.491 e. The van der Waals surface area contributed by atoms with Gasteiger partial charge in [-0.2, -0.15) is 0 Å². The summed E-state index contributed by atoms with van der Waals surface area (Å²) in [5, 5.41) is 2.92. The van der Waals surface area contributed by atoms with Crippen molar-refractivity contribution in [2.45, 2.75) is 6.54 Å². The number of benzene rings is 2. The molecule has 1 N–H and O–H groups in total. The number of fused-ring (bicyclic) bond motifs is 4. The second-order valence-electron chi connectivity index (χ2n) is 6.14. The summed E-state index contributed by atoms with van der Waals surface area (Å²) in [6.07, 6.45) is 3.56. The van der Waals surface area contributed by atoms with Gasteiger partial charge in [0.15, 0.2) is 4.47 Å². The highest BCUT2D eigenvalue weighted by Gasteiger charge is 2.18. The summed E-state index contributed by atoms with van der Waals surface area (Å²) in [5.74, 6) is 0.554. The van der Waals surface area contributed by atoms with Crippen LogP contribution in [0.2, 0.25) is 4.47 Å². The number of halogens is 1. The third-order valence-electron chi connectivity index (χ3n) is 4.44. The molecule has 0 unspecified atom stereocenters. The van der Waals surface area contributed by atoms with Crippen molar-refractivity contribution < 1.29 is 9.53 Å². The number of hydrogen-bond donors (Lipinski definition) is 1. The molecule has 5 rings (SSSR count). The minimum absolute atomic E-state index is 0.200. The number of amides is 1. The molecule has 8 heteroatoms. The predicted molar refractivity (Wildman–Crippen MR) is 106 cm³/mol. The molecule has 0 fully saturated rings. The molecular formula is C19H13ClN4O2S. The van der Waals surface area contributed by atoms with Crippen molar-refractivity contribution in [3.63, 3.8) is 0 Å². The number of aromatic nitrogens is 3. The van der Waals surface area contributed by atoms with Crippen molar-refractivity contribution in [3.05, 3.63) is 59.0 Å². The average Bonchev–Trinajstić information content (AvgIpc) is 3.23. The van der Waals surface area contributed by atoms with E-state index in [1.807, 2.05) is 34.9 Å². The van der Waals surface area contributed by atoms with Crippen LogP contribution >= 0.6 is 22.9 Å². The molecule has 0 spiro atoms. The third-order valence-corrected chi connectivity index (χ3v) is 5.58. The highest BCUT2D eigenvalue weighted by Crippen LogP contribution is 2.33. The van der Waals surface area contributed by atoms with E-state index in [4.69, 9.17) is 16.3 Å². The van der Waals surface area contributed by atoms with Gasteiger partial charge < -0.3 is 14.6 Å². The highest BCUT2D eigenvalue weighted by atomic mass is 35.5. The molecule has 27 heavy (non-hydrogen) atoms. The lowest BCUT2D eigenvalue weighted by Crippen LogP contribution is -2.12. The van der Waals surface area contributed by atoms with Crippen LogP contribution in [0.25, 0.3) is 21.5 Å². The topological polar surface area (TPSA) is 69.0 Å². The van der Waals surface area contributed by atoms with Crippen molar-refractivity contribution in [1.29, 1.82) is 0 Å². The van der Waals surface area contributed by atoms with Crippen LogP contribution in [0.4, 0.5) is 5.69 Å². The van der Waals surface area contributed by atoms with Gasteiger partial charge in [0, 0.05) is 16.8 Å². The molecule has 0 atom stereocenters. The molecule has 0 bridgehead atoms. The van der Waals surface area contributed by atoms with E-state index in [0.717, 1.165) is 33.8 Å². The maximum Gasteiger partial charge on any atom is 0.255 e. The highest BCUT2D eigenvalue weighted by molar-refractivity contribution is 7.22. The van der Waals surface area contributed by atoms with Gasteiger partial charge in [-0.1, -0.05) is 11.6 Å². The number of hydrogen-bond acceptors (Lipinski definition) is 5. The Balaban J connectivity index is 1.47. The zero-order valence-corrected chi connectivity index (χ0v) is 15.5. The van der Waals surface area contributed by atoms with Gasteiger partial charge in [-0.25, -0.2) is 9.97 Å². The molecule has 2 aromatic heterocycles. The van der Waals surface area contributed by atoms with E-state index in [1.54, 1.807) is 18.6 Å². The third kappa shape index (κ3) is 2.94. The van der Waals surface area contributed by atoms with Crippen molar-refractivity contribution in [1.82, 2.24) is 14.5 Å².